The van der Waals surface area contributed by atoms with E-state index in [-0.39, 0.29) is 17.9 Å². The fourth-order valence-corrected chi connectivity index (χ4v) is 3.51. The van der Waals surface area contributed by atoms with E-state index in [2.05, 4.69) is 26.1 Å². The minimum absolute atomic E-state index is 0.00220. The molecule has 6 nitrogen and oxygen atoms in total. The van der Waals surface area contributed by atoms with Gasteiger partial charge < -0.3 is 20.4 Å². The zero-order valence-electron chi connectivity index (χ0n) is 15.2. The molecule has 1 aliphatic rings. The van der Waals surface area contributed by atoms with Gasteiger partial charge in [0.15, 0.2) is 0 Å². The molecule has 0 aliphatic carbocycles. The molecule has 2 amide bonds. The lowest BCUT2D eigenvalue weighted by molar-refractivity contribution is -0.141. The van der Waals surface area contributed by atoms with Crippen molar-refractivity contribution in [3.63, 3.8) is 0 Å². The number of aliphatic hydroxyl groups is 2. The second kappa shape index (κ2) is 7.18. The van der Waals surface area contributed by atoms with E-state index in [4.69, 9.17) is 0 Å². The topological polar surface area (TPSA) is 89.9 Å². The number of amides is 2. The molecule has 0 saturated carbocycles. The van der Waals surface area contributed by atoms with Crippen LogP contribution in [0.5, 0.6) is 0 Å². The predicted molar refractivity (Wildman–Crippen MR) is 88.7 cm³/mol. The molecule has 1 unspecified atom stereocenters. The number of carbonyl (C=O) groups excluding carboxylic acids is 2. The van der Waals surface area contributed by atoms with Crippen LogP contribution in [0.4, 0.5) is 0 Å². The van der Waals surface area contributed by atoms with E-state index in [0.29, 0.717) is 12.8 Å². The number of carbonyl (C=O) groups is 2. The number of likely N-dealkylation sites (tertiary alicyclic amines) is 1. The molecule has 6 heteroatoms. The summed E-state index contributed by atoms with van der Waals surface area (Å²) in [6.07, 6.45) is -0.626. The second-order valence-electron chi connectivity index (χ2n) is 8.41. The first kappa shape index (κ1) is 19.9. The number of β-amino-alcohol motifs (C(OH)–C–C–N with tert-alkyl or cyclic N) is 1. The first-order valence-electron chi connectivity index (χ1n) is 8.35. The van der Waals surface area contributed by atoms with E-state index < -0.39 is 29.7 Å². The number of hydrogen-bond acceptors (Lipinski definition) is 4. The maximum absolute atomic E-state index is 12.6. The van der Waals surface area contributed by atoms with Gasteiger partial charge in [0.2, 0.25) is 11.8 Å². The van der Waals surface area contributed by atoms with Crippen molar-refractivity contribution in [1.82, 2.24) is 10.2 Å². The second-order valence-corrected chi connectivity index (χ2v) is 8.41. The van der Waals surface area contributed by atoms with Gasteiger partial charge >= 0.3 is 0 Å². The maximum Gasteiger partial charge on any atom is 0.246 e. The van der Waals surface area contributed by atoms with Gasteiger partial charge in [-0.05, 0) is 32.1 Å². The fraction of sp³-hybridized carbons (Fsp3) is 0.882. The lowest BCUT2D eigenvalue weighted by Gasteiger charge is -2.35. The number of nitrogens with zero attached hydrogens (tertiary/aromatic N) is 1. The molecule has 3 atom stereocenters. The fourth-order valence-electron chi connectivity index (χ4n) is 3.51. The van der Waals surface area contributed by atoms with Crippen LogP contribution in [0.3, 0.4) is 0 Å². The Kier molecular flexibility index (Phi) is 6.21. The highest BCUT2D eigenvalue weighted by Gasteiger charge is 2.47. The van der Waals surface area contributed by atoms with Crippen LogP contribution in [0.25, 0.3) is 0 Å². The van der Waals surface area contributed by atoms with E-state index in [1.807, 2.05) is 20.8 Å². The largest absolute Gasteiger partial charge is 0.388 e. The maximum atomic E-state index is 12.6. The Labute approximate surface area is 139 Å². The normalized spacial score (nSPS) is 25.6. The Morgan fingerprint density at radius 2 is 1.74 bits per heavy atom. The highest BCUT2D eigenvalue weighted by atomic mass is 16.3. The van der Waals surface area contributed by atoms with E-state index in [1.165, 1.54) is 4.90 Å². The van der Waals surface area contributed by atoms with Gasteiger partial charge in [-0.15, -0.1) is 0 Å². The van der Waals surface area contributed by atoms with E-state index in [1.54, 1.807) is 0 Å². The number of hydrogen-bond donors (Lipinski definition) is 3. The zero-order valence-corrected chi connectivity index (χ0v) is 15.2. The lowest BCUT2D eigenvalue weighted by Crippen LogP contribution is -2.56. The van der Waals surface area contributed by atoms with Crippen LogP contribution in [0.1, 0.15) is 60.8 Å². The van der Waals surface area contributed by atoms with Crippen molar-refractivity contribution in [2.75, 3.05) is 6.54 Å². The summed E-state index contributed by atoms with van der Waals surface area (Å²) in [5, 5.41) is 22.9. The van der Waals surface area contributed by atoms with Gasteiger partial charge in [0.25, 0.3) is 0 Å². The van der Waals surface area contributed by atoms with E-state index in [0.717, 1.165) is 6.42 Å². The van der Waals surface area contributed by atoms with Crippen molar-refractivity contribution < 1.29 is 19.8 Å². The molecule has 1 rings (SSSR count). The molecule has 0 spiro atoms. The minimum atomic E-state index is -1.25. The van der Waals surface area contributed by atoms with Gasteiger partial charge in [0.1, 0.15) is 12.1 Å². The van der Waals surface area contributed by atoms with Crippen molar-refractivity contribution in [3.8, 4) is 0 Å². The average Bonchev–Trinajstić information content (AvgIpc) is 2.62. The van der Waals surface area contributed by atoms with E-state index >= 15 is 0 Å². The molecule has 23 heavy (non-hydrogen) atoms. The molecule has 1 heterocycles. The third-order valence-corrected chi connectivity index (χ3v) is 3.92. The van der Waals surface area contributed by atoms with Crippen LogP contribution in [0.15, 0.2) is 0 Å². The molecule has 134 valence electrons. The van der Waals surface area contributed by atoms with Crippen LogP contribution in [0, 0.1) is 5.41 Å². The van der Waals surface area contributed by atoms with Crippen LogP contribution >= 0.6 is 0 Å². The first-order valence-corrected chi connectivity index (χ1v) is 8.35. The summed E-state index contributed by atoms with van der Waals surface area (Å²) < 4.78 is 0. The monoisotopic (exact) mass is 328 g/mol. The molecule has 3 N–H and O–H groups in total. The third kappa shape index (κ3) is 5.46. The summed E-state index contributed by atoms with van der Waals surface area (Å²) in [6, 6.07) is -1.02. The molecule has 0 radical (unpaired) electrons. The number of nitrogens with one attached hydrogen (secondary N) is 1. The predicted octanol–water partition coefficient (Wildman–Crippen LogP) is 1.05. The summed E-state index contributed by atoms with van der Waals surface area (Å²) in [5.41, 5.74) is -0.440. The minimum Gasteiger partial charge on any atom is -0.388 e. The van der Waals surface area contributed by atoms with Crippen molar-refractivity contribution in [2.45, 2.75) is 84.6 Å². The molecule has 1 aliphatic heterocycles. The smallest absolute Gasteiger partial charge is 0.246 e. The van der Waals surface area contributed by atoms with Gasteiger partial charge in [-0.3, -0.25) is 9.59 Å². The molecule has 0 aromatic carbocycles. The highest BCUT2D eigenvalue weighted by molar-refractivity contribution is 5.89. The number of rotatable bonds is 5. The van der Waals surface area contributed by atoms with Crippen molar-refractivity contribution in [1.29, 1.82) is 0 Å². The highest BCUT2D eigenvalue weighted by Crippen LogP contribution is 2.28. The quantitative estimate of drug-likeness (QED) is 0.704. The average molecular weight is 328 g/mol. The van der Waals surface area contributed by atoms with Crippen molar-refractivity contribution >= 4 is 11.8 Å². The summed E-state index contributed by atoms with van der Waals surface area (Å²) in [4.78, 5) is 26.1. The van der Waals surface area contributed by atoms with Crippen molar-refractivity contribution in [3.05, 3.63) is 0 Å². The number of aliphatic hydroxyl groups excluding tert-OH is 2. The van der Waals surface area contributed by atoms with Gasteiger partial charge in [-0.25, -0.2) is 0 Å². The Balaban J connectivity index is 2.88. The lowest BCUT2D eigenvalue weighted by atomic mass is 9.81. The van der Waals surface area contributed by atoms with Gasteiger partial charge in [-0.2, -0.15) is 0 Å². The Bertz CT molecular complexity index is 442. The van der Waals surface area contributed by atoms with Crippen molar-refractivity contribution in [2.24, 2.45) is 5.41 Å². The Hall–Kier alpha value is -1.14. The summed E-state index contributed by atoms with van der Waals surface area (Å²) in [7, 11) is 0. The van der Waals surface area contributed by atoms with E-state index in [9.17, 15) is 19.8 Å². The van der Waals surface area contributed by atoms with Crippen LogP contribution in [-0.4, -0.2) is 57.3 Å². The molecule has 0 aromatic rings. The summed E-state index contributed by atoms with van der Waals surface area (Å²) >= 11 is 0. The molecule has 1 fully saturated rings. The Morgan fingerprint density at radius 1 is 1.17 bits per heavy atom. The zero-order chi connectivity index (χ0) is 18.0. The first-order chi connectivity index (χ1) is 10.4. The molecule has 1 saturated heterocycles. The van der Waals surface area contributed by atoms with Crippen LogP contribution in [0.2, 0.25) is 0 Å². The molecular formula is C17H32N2O4. The molecule has 0 bridgehead atoms. The third-order valence-electron chi connectivity index (χ3n) is 3.92. The molecule has 0 aromatic heterocycles. The summed E-state index contributed by atoms with van der Waals surface area (Å²) in [5.74, 6) is -0.621. The molecular weight excluding hydrogens is 296 g/mol. The SMILES string of the molecule is CCCC(=O)N1C[C@H](O)[C@@H](O)C1C(=O)NC(C)(C)CC(C)(C)C. The standard InChI is InChI=1S/C17H32N2O4/c1-7-8-12(21)19-9-11(20)14(22)13(19)15(23)18-17(5,6)10-16(2,3)4/h11,13-14,20,22H,7-10H2,1-6H3,(H,18,23)/t11-,13?,14+/m0/s1. The van der Waals surface area contributed by atoms with Gasteiger partial charge in [0.05, 0.1) is 12.6 Å². The van der Waals surface area contributed by atoms with Gasteiger partial charge in [-0.1, -0.05) is 27.7 Å². The Morgan fingerprint density at radius 3 is 2.22 bits per heavy atom. The van der Waals surface area contributed by atoms with Gasteiger partial charge in [0, 0.05) is 12.0 Å². The van der Waals surface area contributed by atoms with Crippen LogP contribution < -0.4 is 5.32 Å². The van der Waals surface area contributed by atoms with Crippen LogP contribution in [-0.2, 0) is 9.59 Å². The summed E-state index contributed by atoms with van der Waals surface area (Å²) in [6.45, 7) is 12.0.